The molecule has 182 valence electrons. The molecule has 0 spiro atoms. The zero-order valence-corrected chi connectivity index (χ0v) is 20.9. The highest BCUT2D eigenvalue weighted by molar-refractivity contribution is 7.22. The summed E-state index contributed by atoms with van der Waals surface area (Å²) in [6.45, 7) is 3.43. The number of hydrogen-bond acceptors (Lipinski definition) is 8. The summed E-state index contributed by atoms with van der Waals surface area (Å²) in [6, 6.07) is 11.2. The second-order valence-electron chi connectivity index (χ2n) is 8.28. The molecule has 10 heteroatoms. The number of piperidine rings is 1. The number of nitrogens with two attached hydrogens (primary N) is 1. The summed E-state index contributed by atoms with van der Waals surface area (Å²) >= 11 is 7.80. The molecule has 0 bridgehead atoms. The molecule has 0 radical (unpaired) electrons. The highest BCUT2D eigenvalue weighted by atomic mass is 35.5. The highest BCUT2D eigenvalue weighted by Gasteiger charge is 2.31. The number of amides is 1. The summed E-state index contributed by atoms with van der Waals surface area (Å²) in [5.41, 5.74) is 7.59. The van der Waals surface area contributed by atoms with E-state index in [-0.39, 0.29) is 18.1 Å². The number of methoxy groups -OCH3 is 2. The maximum Gasteiger partial charge on any atom is 0.255 e. The maximum atomic E-state index is 12.9. The summed E-state index contributed by atoms with van der Waals surface area (Å²) in [7, 11) is 3.18. The second-order valence-corrected chi connectivity index (χ2v) is 9.72. The number of carbonyl (C=O) groups is 1. The molecule has 34 heavy (non-hydrogen) atoms. The lowest BCUT2D eigenvalue weighted by Gasteiger charge is -2.38. The van der Waals surface area contributed by atoms with Crippen molar-refractivity contribution in [3.05, 3.63) is 47.0 Å². The van der Waals surface area contributed by atoms with Crippen molar-refractivity contribution in [2.75, 3.05) is 51.4 Å². The minimum absolute atomic E-state index is 0.101. The lowest BCUT2D eigenvalue weighted by atomic mass is 10.0. The van der Waals surface area contributed by atoms with Crippen LogP contribution in [-0.4, -0.2) is 68.3 Å². The monoisotopic (exact) mass is 503 g/mol. The van der Waals surface area contributed by atoms with Gasteiger partial charge in [0.1, 0.15) is 5.75 Å². The van der Waals surface area contributed by atoms with Crippen molar-refractivity contribution in [3.8, 4) is 5.75 Å². The average molecular weight is 504 g/mol. The fourth-order valence-corrected chi connectivity index (χ4v) is 5.25. The van der Waals surface area contributed by atoms with E-state index in [9.17, 15) is 4.79 Å². The molecule has 1 fully saturated rings. The summed E-state index contributed by atoms with van der Waals surface area (Å²) in [6.07, 6.45) is 1.68. The fraction of sp³-hybridized carbons (Fsp3) is 0.417. The van der Waals surface area contributed by atoms with Gasteiger partial charge in [0.15, 0.2) is 5.13 Å². The molecule has 2 atom stereocenters. The molecule has 2 heterocycles. The highest BCUT2D eigenvalue weighted by Crippen LogP contribution is 2.29. The molecule has 1 aromatic heterocycles. The van der Waals surface area contributed by atoms with Crippen molar-refractivity contribution >= 4 is 49.9 Å². The number of anilines is 2. The van der Waals surface area contributed by atoms with Gasteiger partial charge in [0.2, 0.25) is 0 Å². The zero-order valence-electron chi connectivity index (χ0n) is 19.3. The Morgan fingerprint density at radius 2 is 2.15 bits per heavy atom. The van der Waals surface area contributed by atoms with Gasteiger partial charge in [-0.3, -0.25) is 4.79 Å². The van der Waals surface area contributed by atoms with E-state index in [1.54, 1.807) is 30.6 Å². The Kier molecular flexibility index (Phi) is 8.10. The van der Waals surface area contributed by atoms with Crippen molar-refractivity contribution in [1.29, 1.82) is 0 Å². The van der Waals surface area contributed by atoms with Gasteiger partial charge in [0.25, 0.3) is 5.91 Å². The molecule has 1 aliphatic rings. The number of rotatable bonds is 9. The molecule has 2 aromatic carbocycles. The number of ether oxygens (including phenoxy) is 2. The predicted octanol–water partition coefficient (Wildman–Crippen LogP) is 3.86. The van der Waals surface area contributed by atoms with Gasteiger partial charge < -0.3 is 30.7 Å². The van der Waals surface area contributed by atoms with Gasteiger partial charge in [-0.15, -0.1) is 0 Å². The average Bonchev–Trinajstić information content (AvgIpc) is 3.26. The smallest absolute Gasteiger partial charge is 0.255 e. The van der Waals surface area contributed by atoms with Gasteiger partial charge in [-0.25, -0.2) is 4.98 Å². The van der Waals surface area contributed by atoms with E-state index in [1.165, 1.54) is 11.8 Å². The minimum atomic E-state index is -0.251. The number of likely N-dealkylation sites (tertiary alicyclic amines) is 1. The Morgan fingerprint density at radius 1 is 1.32 bits per heavy atom. The van der Waals surface area contributed by atoms with Crippen LogP contribution in [0.25, 0.3) is 10.2 Å². The van der Waals surface area contributed by atoms with Gasteiger partial charge in [0.05, 0.1) is 45.7 Å². The van der Waals surface area contributed by atoms with Crippen molar-refractivity contribution in [2.45, 2.75) is 25.0 Å². The van der Waals surface area contributed by atoms with Crippen molar-refractivity contribution in [1.82, 2.24) is 15.2 Å². The summed E-state index contributed by atoms with van der Waals surface area (Å²) < 4.78 is 12.2. The fourth-order valence-electron chi connectivity index (χ4n) is 4.19. The number of hydrogen-bond donors (Lipinski definition) is 3. The number of aromatic nitrogens is 1. The number of fused-ring (bicyclic) bond motifs is 1. The van der Waals surface area contributed by atoms with Crippen molar-refractivity contribution < 1.29 is 14.3 Å². The van der Waals surface area contributed by atoms with Crippen LogP contribution in [0.5, 0.6) is 5.75 Å². The Hall–Kier alpha value is -2.59. The first-order valence-electron chi connectivity index (χ1n) is 11.3. The van der Waals surface area contributed by atoms with Crippen LogP contribution in [0.4, 0.5) is 10.8 Å². The number of nitrogens with one attached hydrogen (secondary N) is 2. The Morgan fingerprint density at radius 3 is 2.91 bits per heavy atom. The number of nitrogens with zero attached hydrogens (tertiary/aromatic N) is 2. The normalized spacial score (nSPS) is 18.7. The molecule has 0 unspecified atom stereocenters. The van der Waals surface area contributed by atoms with Gasteiger partial charge in [-0.1, -0.05) is 35.1 Å². The number of thiazole rings is 1. The van der Waals surface area contributed by atoms with Crippen LogP contribution >= 0.6 is 22.9 Å². The van der Waals surface area contributed by atoms with Gasteiger partial charge in [-0.2, -0.15) is 0 Å². The lowest BCUT2D eigenvalue weighted by Crippen LogP contribution is -2.55. The lowest BCUT2D eigenvalue weighted by molar-refractivity contribution is 0.00638. The van der Waals surface area contributed by atoms with Crippen LogP contribution in [0, 0.1) is 0 Å². The van der Waals surface area contributed by atoms with Gasteiger partial charge in [-0.05, 0) is 37.6 Å². The molecule has 1 amide bonds. The van der Waals surface area contributed by atoms with E-state index >= 15 is 0 Å². The topological polar surface area (TPSA) is 102 Å². The summed E-state index contributed by atoms with van der Waals surface area (Å²) in [5.74, 6) is 0.144. The van der Waals surface area contributed by atoms with E-state index < -0.39 is 0 Å². The molecule has 4 N–H and O–H groups in total. The third-order valence-electron chi connectivity index (χ3n) is 6.05. The molecular formula is C24H30ClN5O3S. The zero-order chi connectivity index (χ0) is 24.1. The van der Waals surface area contributed by atoms with Crippen molar-refractivity contribution in [2.24, 2.45) is 0 Å². The van der Waals surface area contributed by atoms with Crippen LogP contribution < -0.4 is 21.1 Å². The van der Waals surface area contributed by atoms with Gasteiger partial charge in [0, 0.05) is 32.8 Å². The van der Waals surface area contributed by atoms with E-state index in [0.29, 0.717) is 22.0 Å². The van der Waals surface area contributed by atoms with E-state index in [1.807, 2.05) is 18.2 Å². The summed E-state index contributed by atoms with van der Waals surface area (Å²) in [5, 5.41) is 7.80. The third-order valence-corrected chi connectivity index (χ3v) is 7.37. The third kappa shape index (κ3) is 5.72. The number of para-hydroxylation sites is 1. The Balaban J connectivity index is 1.26. The molecule has 3 aromatic rings. The summed E-state index contributed by atoms with van der Waals surface area (Å²) in [4.78, 5) is 19.9. The SMILES string of the molecule is COc1cc(N)c(Cl)cc1C(=O)N[C@H]1CCN(CCCNc2nc3ccccc3s2)C[C@H]1OC. The van der Waals surface area contributed by atoms with Crippen LogP contribution in [0.15, 0.2) is 36.4 Å². The standard InChI is InChI=1S/C24H30ClN5O3S/c1-32-20-13-17(26)16(25)12-15(20)23(31)28-18-8-11-30(14-21(18)33-2)10-5-9-27-24-29-19-6-3-4-7-22(19)34-24/h3-4,6-7,12-13,18,21H,5,8-11,14,26H2,1-2H3,(H,27,29)(H,28,31)/t18-,21+/m0/s1. The Bertz CT molecular complexity index is 1110. The van der Waals surface area contributed by atoms with E-state index in [4.69, 9.17) is 26.8 Å². The van der Waals surface area contributed by atoms with Crippen LogP contribution in [-0.2, 0) is 4.74 Å². The van der Waals surface area contributed by atoms with Crippen molar-refractivity contribution in [3.63, 3.8) is 0 Å². The number of nitrogen functional groups attached to an aromatic ring is 1. The van der Waals surface area contributed by atoms with Gasteiger partial charge >= 0.3 is 0 Å². The largest absolute Gasteiger partial charge is 0.496 e. The maximum absolute atomic E-state index is 12.9. The Labute approximate surface area is 208 Å². The molecule has 0 aliphatic carbocycles. The first-order chi connectivity index (χ1) is 16.5. The molecule has 4 rings (SSSR count). The van der Waals surface area contributed by atoms with E-state index in [0.717, 1.165) is 49.7 Å². The molecular weight excluding hydrogens is 474 g/mol. The number of halogens is 1. The van der Waals surface area contributed by atoms with Crippen LogP contribution in [0.2, 0.25) is 5.02 Å². The molecule has 0 saturated carbocycles. The molecule has 1 aliphatic heterocycles. The first kappa shape index (κ1) is 24.5. The molecule has 8 nitrogen and oxygen atoms in total. The number of carbonyl (C=O) groups excluding carboxylic acids is 1. The van der Waals surface area contributed by atoms with Crippen LogP contribution in [0.1, 0.15) is 23.2 Å². The second kappa shape index (κ2) is 11.2. The molecule has 1 saturated heterocycles. The predicted molar refractivity (Wildman–Crippen MR) is 138 cm³/mol. The van der Waals surface area contributed by atoms with Crippen LogP contribution in [0.3, 0.4) is 0 Å². The minimum Gasteiger partial charge on any atom is -0.496 e. The van der Waals surface area contributed by atoms with E-state index in [2.05, 4.69) is 26.6 Å². The number of benzene rings is 2. The first-order valence-corrected chi connectivity index (χ1v) is 12.5. The quantitative estimate of drug-likeness (QED) is 0.301.